The molecule has 2 aromatic carbocycles. The highest BCUT2D eigenvalue weighted by Crippen LogP contribution is 2.35. The molecule has 1 atom stereocenters. The van der Waals surface area contributed by atoms with Gasteiger partial charge in [-0.15, -0.1) is 0 Å². The van der Waals surface area contributed by atoms with Gasteiger partial charge in [0.2, 0.25) is 15.9 Å². The van der Waals surface area contributed by atoms with Crippen molar-refractivity contribution in [2.45, 2.75) is 26.3 Å². The average Bonchev–Trinajstić information content (AvgIpc) is 2.91. The van der Waals surface area contributed by atoms with Crippen molar-refractivity contribution in [3.05, 3.63) is 52.5 Å². The topological polar surface area (TPSA) is 95.6 Å². The summed E-state index contributed by atoms with van der Waals surface area (Å²) < 4.78 is 25.4. The standard InChI is InChI=1S/C19H20ClN3O4S/c1-11-8-14-9-13(4-7-18(14)23(11)28(3,26)27)19(25)22-17-6-5-15(10-16(17)20)21-12(2)24/h4-7,9-11H,8H2,1-3H3,(H,21,24)(H,22,25). The van der Waals surface area contributed by atoms with Crippen molar-refractivity contribution < 1.29 is 18.0 Å². The zero-order valence-electron chi connectivity index (χ0n) is 15.6. The third kappa shape index (κ3) is 4.13. The van der Waals surface area contributed by atoms with E-state index < -0.39 is 10.0 Å². The van der Waals surface area contributed by atoms with Crippen LogP contribution in [0.15, 0.2) is 36.4 Å². The molecule has 0 spiro atoms. The third-order valence-electron chi connectivity index (χ3n) is 4.39. The lowest BCUT2D eigenvalue weighted by atomic mass is 10.1. The second-order valence-corrected chi connectivity index (χ2v) is 9.05. The summed E-state index contributed by atoms with van der Waals surface area (Å²) in [5.74, 6) is -0.578. The van der Waals surface area contributed by atoms with Crippen molar-refractivity contribution in [3.8, 4) is 0 Å². The van der Waals surface area contributed by atoms with Gasteiger partial charge in [0.05, 0.1) is 22.7 Å². The third-order valence-corrected chi connectivity index (χ3v) is 5.97. The maximum atomic E-state index is 12.6. The molecule has 0 radical (unpaired) electrons. The first-order chi connectivity index (χ1) is 13.1. The number of nitrogens with zero attached hydrogens (tertiary/aromatic N) is 1. The van der Waals surface area contributed by atoms with E-state index in [1.807, 2.05) is 6.92 Å². The number of anilines is 3. The van der Waals surface area contributed by atoms with Gasteiger partial charge in [0, 0.05) is 24.2 Å². The number of amides is 2. The van der Waals surface area contributed by atoms with Crippen LogP contribution in [0.1, 0.15) is 29.8 Å². The Morgan fingerprint density at radius 2 is 1.86 bits per heavy atom. The summed E-state index contributed by atoms with van der Waals surface area (Å²) in [7, 11) is -3.38. The van der Waals surface area contributed by atoms with Crippen LogP contribution in [0.25, 0.3) is 0 Å². The molecule has 0 saturated carbocycles. The molecule has 1 aliphatic heterocycles. The van der Waals surface area contributed by atoms with Gasteiger partial charge >= 0.3 is 0 Å². The fourth-order valence-electron chi connectivity index (χ4n) is 3.34. The summed E-state index contributed by atoms with van der Waals surface area (Å²) in [5, 5.41) is 5.64. The van der Waals surface area contributed by atoms with Crippen LogP contribution in [0.4, 0.5) is 17.1 Å². The van der Waals surface area contributed by atoms with Crippen molar-refractivity contribution in [2.75, 3.05) is 21.2 Å². The lowest BCUT2D eigenvalue weighted by Gasteiger charge is -2.21. The van der Waals surface area contributed by atoms with Gasteiger partial charge in [0.15, 0.2) is 0 Å². The normalized spacial score (nSPS) is 15.9. The molecular formula is C19H20ClN3O4S. The summed E-state index contributed by atoms with van der Waals surface area (Å²) in [6, 6.07) is 9.53. The molecule has 1 aliphatic rings. The van der Waals surface area contributed by atoms with E-state index in [9.17, 15) is 18.0 Å². The lowest BCUT2D eigenvalue weighted by molar-refractivity contribution is -0.114. The minimum Gasteiger partial charge on any atom is -0.326 e. The molecule has 0 saturated heterocycles. The minimum atomic E-state index is -3.38. The van der Waals surface area contributed by atoms with Gasteiger partial charge in [-0.1, -0.05) is 11.6 Å². The van der Waals surface area contributed by atoms with Crippen LogP contribution < -0.4 is 14.9 Å². The van der Waals surface area contributed by atoms with Crippen LogP contribution >= 0.6 is 11.6 Å². The molecule has 2 aromatic rings. The maximum Gasteiger partial charge on any atom is 0.255 e. The van der Waals surface area contributed by atoms with Gasteiger partial charge in [-0.05, 0) is 55.3 Å². The molecule has 1 unspecified atom stereocenters. The zero-order valence-corrected chi connectivity index (χ0v) is 17.2. The second-order valence-electron chi connectivity index (χ2n) is 6.79. The second kappa shape index (κ2) is 7.44. The molecule has 7 nitrogen and oxygen atoms in total. The van der Waals surface area contributed by atoms with Crippen LogP contribution in [0.5, 0.6) is 0 Å². The minimum absolute atomic E-state index is 0.195. The first kappa shape index (κ1) is 20.2. The Morgan fingerprint density at radius 1 is 1.14 bits per heavy atom. The van der Waals surface area contributed by atoms with E-state index in [0.29, 0.717) is 29.0 Å². The van der Waals surface area contributed by atoms with E-state index in [1.165, 1.54) is 17.5 Å². The Balaban J connectivity index is 1.82. The Kier molecular flexibility index (Phi) is 5.36. The fourth-order valence-corrected chi connectivity index (χ4v) is 4.83. The lowest BCUT2D eigenvalue weighted by Crippen LogP contribution is -2.34. The molecule has 9 heteroatoms. The van der Waals surface area contributed by atoms with E-state index in [-0.39, 0.29) is 22.9 Å². The summed E-state index contributed by atoms with van der Waals surface area (Å²) in [5.41, 5.74) is 2.75. The Morgan fingerprint density at radius 3 is 2.46 bits per heavy atom. The molecule has 1 heterocycles. The maximum absolute atomic E-state index is 12.6. The predicted molar refractivity (Wildman–Crippen MR) is 111 cm³/mol. The number of rotatable bonds is 4. The monoisotopic (exact) mass is 421 g/mol. The number of halogens is 1. The molecule has 28 heavy (non-hydrogen) atoms. The highest BCUT2D eigenvalue weighted by atomic mass is 35.5. The van der Waals surface area contributed by atoms with Gasteiger partial charge in [-0.3, -0.25) is 13.9 Å². The quantitative estimate of drug-likeness (QED) is 0.791. The van der Waals surface area contributed by atoms with Crippen molar-refractivity contribution >= 4 is 50.5 Å². The summed E-state index contributed by atoms with van der Waals surface area (Å²) >= 11 is 6.19. The van der Waals surface area contributed by atoms with Gasteiger partial charge in [0.25, 0.3) is 5.91 Å². The predicted octanol–water partition coefficient (Wildman–Crippen LogP) is 3.26. The smallest absolute Gasteiger partial charge is 0.255 e. The number of carbonyl (C=O) groups excluding carboxylic acids is 2. The van der Waals surface area contributed by atoms with Crippen molar-refractivity contribution in [1.29, 1.82) is 0 Å². The van der Waals surface area contributed by atoms with Crippen LogP contribution in [0.2, 0.25) is 5.02 Å². The fraction of sp³-hybridized carbons (Fsp3) is 0.263. The number of hydrogen-bond donors (Lipinski definition) is 2. The van der Waals surface area contributed by atoms with Gasteiger partial charge < -0.3 is 10.6 Å². The van der Waals surface area contributed by atoms with Crippen molar-refractivity contribution in [2.24, 2.45) is 0 Å². The van der Waals surface area contributed by atoms with Gasteiger partial charge in [0.1, 0.15) is 0 Å². The van der Waals surface area contributed by atoms with Gasteiger partial charge in [-0.25, -0.2) is 8.42 Å². The Bertz CT molecular complexity index is 1070. The first-order valence-corrected chi connectivity index (χ1v) is 10.8. The SMILES string of the molecule is CC(=O)Nc1ccc(NC(=O)c2ccc3c(c2)CC(C)N3S(C)(=O)=O)c(Cl)c1. The van der Waals surface area contributed by atoms with Crippen molar-refractivity contribution in [3.63, 3.8) is 0 Å². The molecule has 2 amide bonds. The number of hydrogen-bond acceptors (Lipinski definition) is 4. The van der Waals surface area contributed by atoms with Crippen LogP contribution in [-0.4, -0.2) is 32.5 Å². The van der Waals surface area contributed by atoms with E-state index >= 15 is 0 Å². The summed E-state index contributed by atoms with van der Waals surface area (Å²) in [6.45, 7) is 3.22. The van der Waals surface area contributed by atoms with Gasteiger partial charge in [-0.2, -0.15) is 0 Å². The number of nitrogens with one attached hydrogen (secondary N) is 2. The number of carbonyl (C=O) groups is 2. The van der Waals surface area contributed by atoms with Crippen LogP contribution in [-0.2, 0) is 21.2 Å². The number of sulfonamides is 1. The average molecular weight is 422 g/mol. The van der Waals surface area contributed by atoms with Crippen LogP contribution in [0, 0.1) is 0 Å². The molecular weight excluding hydrogens is 402 g/mol. The number of fused-ring (bicyclic) bond motifs is 1. The van der Waals surface area contributed by atoms with E-state index in [1.54, 1.807) is 36.4 Å². The Labute approximate surface area is 168 Å². The number of benzene rings is 2. The molecule has 2 N–H and O–H groups in total. The van der Waals surface area contributed by atoms with Crippen LogP contribution in [0.3, 0.4) is 0 Å². The summed E-state index contributed by atoms with van der Waals surface area (Å²) in [4.78, 5) is 23.7. The Hall–Kier alpha value is -2.58. The molecule has 148 valence electrons. The molecule has 0 aromatic heterocycles. The highest BCUT2D eigenvalue weighted by molar-refractivity contribution is 7.92. The summed E-state index contributed by atoms with van der Waals surface area (Å²) in [6.07, 6.45) is 1.71. The molecule has 3 rings (SSSR count). The van der Waals surface area contributed by atoms with E-state index in [2.05, 4.69) is 10.6 Å². The van der Waals surface area contributed by atoms with E-state index in [4.69, 9.17) is 11.6 Å². The first-order valence-electron chi connectivity index (χ1n) is 8.57. The van der Waals surface area contributed by atoms with Crippen molar-refractivity contribution in [1.82, 2.24) is 0 Å². The molecule has 0 fully saturated rings. The largest absolute Gasteiger partial charge is 0.326 e. The van der Waals surface area contributed by atoms with E-state index in [0.717, 1.165) is 5.56 Å². The highest BCUT2D eigenvalue weighted by Gasteiger charge is 2.32. The molecule has 0 aliphatic carbocycles. The molecule has 0 bridgehead atoms. The zero-order chi connectivity index (χ0) is 20.6.